The van der Waals surface area contributed by atoms with Gasteiger partial charge in [-0.15, -0.1) is 0 Å². The maximum Gasteiger partial charge on any atom is 0.227 e. The van der Waals surface area contributed by atoms with E-state index < -0.39 is 0 Å². The highest BCUT2D eigenvalue weighted by Crippen LogP contribution is 2.22. The van der Waals surface area contributed by atoms with E-state index in [2.05, 4.69) is 15.9 Å². The fourth-order valence-electron chi connectivity index (χ4n) is 2.22. The molecule has 1 unspecified atom stereocenters. The Morgan fingerprint density at radius 1 is 1.14 bits per heavy atom. The molecule has 116 valence electrons. The van der Waals surface area contributed by atoms with Crippen LogP contribution in [0.1, 0.15) is 24.1 Å². The highest BCUT2D eigenvalue weighted by Gasteiger charge is 2.17. The molecule has 2 rings (SSSR count). The molecular weight excluding hydrogens is 342 g/mol. The fraction of sp³-hybridized carbons (Fsp3) is 0.278. The molecule has 0 bridgehead atoms. The van der Waals surface area contributed by atoms with Gasteiger partial charge in [0.1, 0.15) is 5.75 Å². The van der Waals surface area contributed by atoms with Crippen LogP contribution in [0, 0.1) is 0 Å². The first-order valence-electron chi connectivity index (χ1n) is 7.15. The van der Waals surface area contributed by atoms with Crippen LogP contribution in [0.5, 0.6) is 5.75 Å². The minimum absolute atomic E-state index is 0.0221. The molecular formula is C18H20BrNO2. The van der Waals surface area contributed by atoms with Crippen LogP contribution in [-0.4, -0.2) is 25.0 Å². The van der Waals surface area contributed by atoms with Crippen molar-refractivity contribution >= 4 is 21.8 Å². The zero-order chi connectivity index (χ0) is 16.1. The third-order valence-electron chi connectivity index (χ3n) is 3.84. The summed E-state index contributed by atoms with van der Waals surface area (Å²) in [5.74, 6) is 0.922. The van der Waals surface area contributed by atoms with Gasteiger partial charge in [-0.05, 0) is 42.3 Å². The van der Waals surface area contributed by atoms with Crippen LogP contribution in [0.25, 0.3) is 0 Å². The summed E-state index contributed by atoms with van der Waals surface area (Å²) in [6, 6.07) is 15.7. The predicted octanol–water partition coefficient (Wildman–Crippen LogP) is 4.22. The summed E-state index contributed by atoms with van der Waals surface area (Å²) < 4.78 is 6.18. The van der Waals surface area contributed by atoms with E-state index in [0.717, 1.165) is 21.3 Å². The van der Waals surface area contributed by atoms with E-state index in [1.165, 1.54) is 0 Å². The first-order valence-corrected chi connectivity index (χ1v) is 7.94. The summed E-state index contributed by atoms with van der Waals surface area (Å²) in [6.45, 7) is 2.03. The van der Waals surface area contributed by atoms with Gasteiger partial charge in [-0.1, -0.05) is 40.2 Å². The number of carbonyl (C=O) groups excluding carboxylic acids is 1. The van der Waals surface area contributed by atoms with Crippen LogP contribution in [0.4, 0.5) is 0 Å². The van der Waals surface area contributed by atoms with Crippen LogP contribution >= 0.6 is 15.9 Å². The molecule has 2 aromatic rings. The van der Waals surface area contributed by atoms with Crippen molar-refractivity contribution in [3.8, 4) is 5.75 Å². The maximum atomic E-state index is 12.4. The van der Waals surface area contributed by atoms with E-state index in [9.17, 15) is 4.79 Å². The quantitative estimate of drug-likeness (QED) is 0.797. The van der Waals surface area contributed by atoms with Gasteiger partial charge in [0.25, 0.3) is 0 Å². The SMILES string of the molecule is COc1ccc(C(C)N(C)C(=O)Cc2ccc(Br)cc2)cc1. The van der Waals surface area contributed by atoms with Crippen molar-refractivity contribution in [3.05, 3.63) is 64.1 Å². The standard InChI is InChI=1S/C18H20BrNO2/c1-13(15-6-10-17(22-3)11-7-15)20(2)18(21)12-14-4-8-16(19)9-5-14/h4-11,13H,12H2,1-3H3. The maximum absolute atomic E-state index is 12.4. The Labute approximate surface area is 140 Å². The van der Waals surface area contributed by atoms with Crippen molar-refractivity contribution in [2.75, 3.05) is 14.2 Å². The number of ether oxygens (including phenoxy) is 1. The van der Waals surface area contributed by atoms with Gasteiger partial charge in [-0.3, -0.25) is 4.79 Å². The van der Waals surface area contributed by atoms with Crippen LogP contribution in [0.3, 0.4) is 0 Å². The molecule has 0 N–H and O–H groups in total. The lowest BCUT2D eigenvalue weighted by atomic mass is 10.1. The Morgan fingerprint density at radius 3 is 2.27 bits per heavy atom. The fourth-order valence-corrected chi connectivity index (χ4v) is 2.49. The van der Waals surface area contributed by atoms with Gasteiger partial charge in [0, 0.05) is 11.5 Å². The number of rotatable bonds is 5. The van der Waals surface area contributed by atoms with Crippen molar-refractivity contribution < 1.29 is 9.53 Å². The zero-order valence-electron chi connectivity index (χ0n) is 13.0. The van der Waals surface area contributed by atoms with E-state index in [1.807, 2.05) is 62.5 Å². The highest BCUT2D eigenvalue weighted by molar-refractivity contribution is 9.10. The highest BCUT2D eigenvalue weighted by atomic mass is 79.9. The molecule has 0 radical (unpaired) electrons. The lowest BCUT2D eigenvalue weighted by molar-refractivity contribution is -0.131. The van der Waals surface area contributed by atoms with Gasteiger partial charge >= 0.3 is 0 Å². The molecule has 0 aliphatic rings. The van der Waals surface area contributed by atoms with E-state index in [4.69, 9.17) is 4.74 Å². The van der Waals surface area contributed by atoms with Gasteiger partial charge in [0.15, 0.2) is 0 Å². The lowest BCUT2D eigenvalue weighted by Crippen LogP contribution is -2.30. The molecule has 0 aromatic heterocycles. The molecule has 0 heterocycles. The Balaban J connectivity index is 2.03. The summed E-state index contributed by atoms with van der Waals surface area (Å²) in [4.78, 5) is 14.2. The van der Waals surface area contributed by atoms with E-state index in [1.54, 1.807) is 12.0 Å². The normalized spacial score (nSPS) is 11.8. The van der Waals surface area contributed by atoms with Crippen LogP contribution in [0.15, 0.2) is 53.0 Å². The van der Waals surface area contributed by atoms with E-state index in [-0.39, 0.29) is 11.9 Å². The average Bonchev–Trinajstić information content (AvgIpc) is 2.55. The average molecular weight is 362 g/mol. The van der Waals surface area contributed by atoms with Crippen molar-refractivity contribution in [3.63, 3.8) is 0 Å². The molecule has 22 heavy (non-hydrogen) atoms. The second kappa shape index (κ2) is 7.45. The Kier molecular flexibility index (Phi) is 5.61. The molecule has 3 nitrogen and oxygen atoms in total. The van der Waals surface area contributed by atoms with Crippen LogP contribution < -0.4 is 4.74 Å². The van der Waals surface area contributed by atoms with Crippen molar-refractivity contribution in [2.45, 2.75) is 19.4 Å². The molecule has 2 aromatic carbocycles. The number of halogens is 1. The third kappa shape index (κ3) is 4.10. The summed E-state index contributed by atoms with van der Waals surface area (Å²) in [5, 5.41) is 0. The number of amides is 1. The van der Waals surface area contributed by atoms with Crippen LogP contribution in [-0.2, 0) is 11.2 Å². The minimum Gasteiger partial charge on any atom is -0.497 e. The summed E-state index contributed by atoms with van der Waals surface area (Å²) in [5.41, 5.74) is 2.11. The van der Waals surface area contributed by atoms with Gasteiger partial charge in [-0.2, -0.15) is 0 Å². The minimum atomic E-state index is 0.0221. The van der Waals surface area contributed by atoms with E-state index >= 15 is 0 Å². The largest absolute Gasteiger partial charge is 0.497 e. The molecule has 1 atom stereocenters. The number of methoxy groups -OCH3 is 1. The van der Waals surface area contributed by atoms with Gasteiger partial charge in [-0.25, -0.2) is 0 Å². The molecule has 0 spiro atoms. The number of hydrogen-bond acceptors (Lipinski definition) is 2. The molecule has 1 amide bonds. The number of nitrogens with zero attached hydrogens (tertiary/aromatic N) is 1. The Morgan fingerprint density at radius 2 is 1.73 bits per heavy atom. The van der Waals surface area contributed by atoms with Crippen molar-refractivity contribution in [1.29, 1.82) is 0 Å². The topological polar surface area (TPSA) is 29.5 Å². The predicted molar refractivity (Wildman–Crippen MR) is 92.0 cm³/mol. The number of benzene rings is 2. The van der Waals surface area contributed by atoms with Gasteiger partial charge < -0.3 is 9.64 Å². The van der Waals surface area contributed by atoms with Crippen molar-refractivity contribution in [2.24, 2.45) is 0 Å². The lowest BCUT2D eigenvalue weighted by Gasteiger charge is -2.25. The smallest absolute Gasteiger partial charge is 0.227 e. The number of hydrogen-bond donors (Lipinski definition) is 0. The molecule has 0 saturated heterocycles. The van der Waals surface area contributed by atoms with Gasteiger partial charge in [0.2, 0.25) is 5.91 Å². The second-order valence-corrected chi connectivity index (χ2v) is 6.17. The third-order valence-corrected chi connectivity index (χ3v) is 4.37. The summed E-state index contributed by atoms with van der Waals surface area (Å²) >= 11 is 3.40. The monoisotopic (exact) mass is 361 g/mol. The molecule has 4 heteroatoms. The molecule has 0 aliphatic heterocycles. The van der Waals surface area contributed by atoms with Crippen molar-refractivity contribution in [1.82, 2.24) is 4.90 Å². The summed E-state index contributed by atoms with van der Waals surface area (Å²) in [6.07, 6.45) is 0.407. The zero-order valence-corrected chi connectivity index (χ0v) is 14.6. The molecule has 0 aliphatic carbocycles. The number of likely N-dealkylation sites (N-methyl/N-ethyl adjacent to an activating group) is 1. The second-order valence-electron chi connectivity index (χ2n) is 5.26. The van der Waals surface area contributed by atoms with Crippen LogP contribution in [0.2, 0.25) is 0 Å². The van der Waals surface area contributed by atoms with Gasteiger partial charge in [0.05, 0.1) is 19.6 Å². The number of carbonyl (C=O) groups is 1. The summed E-state index contributed by atoms with van der Waals surface area (Å²) in [7, 11) is 3.49. The van der Waals surface area contributed by atoms with E-state index in [0.29, 0.717) is 6.42 Å². The molecule has 0 fully saturated rings. The Bertz CT molecular complexity index is 623. The molecule has 0 saturated carbocycles. The first-order chi connectivity index (χ1) is 10.5. The first kappa shape index (κ1) is 16.6. The Hall–Kier alpha value is -1.81.